The molecule has 1 aromatic heterocycles. The van der Waals surface area contributed by atoms with Crippen LogP contribution in [0.5, 0.6) is 0 Å². The number of aryl methyl sites for hydroxylation is 1. The Morgan fingerprint density at radius 1 is 1.00 bits per heavy atom. The molecule has 0 saturated carbocycles. The third-order valence-electron chi connectivity index (χ3n) is 2.45. The normalized spacial score (nSPS) is 10.8. The molecule has 0 aliphatic rings. The summed E-state index contributed by atoms with van der Waals surface area (Å²) in [5.41, 5.74) is 0.934. The fraction of sp³-hybridized carbons (Fsp3) is 0.0833. The summed E-state index contributed by atoms with van der Waals surface area (Å²) < 4.78 is 0. The lowest BCUT2D eigenvalue weighted by atomic mass is 10.1. The minimum absolute atomic E-state index is 0.0336. The van der Waals surface area contributed by atoms with E-state index in [1.807, 2.05) is 6.92 Å². The summed E-state index contributed by atoms with van der Waals surface area (Å²) >= 11 is 31.1. The van der Waals surface area contributed by atoms with Gasteiger partial charge in [0.2, 0.25) is 5.78 Å². The van der Waals surface area contributed by atoms with Gasteiger partial charge in [-0.1, -0.05) is 58.0 Å². The smallest absolute Gasteiger partial charge is 0.207 e. The Morgan fingerprint density at radius 2 is 1.63 bits per heavy atom. The van der Waals surface area contributed by atoms with Gasteiger partial charge < -0.3 is 0 Å². The standard InChI is InChI=1S/C12H5Cl5OS/c1-4-3-19-12(8(4)15)11(18)7-5(13)2-6(14)9(16)10(7)17/h2-3H,1H3. The number of benzene rings is 1. The summed E-state index contributed by atoms with van der Waals surface area (Å²) in [6, 6.07) is 1.39. The van der Waals surface area contributed by atoms with Crippen LogP contribution in [0.1, 0.15) is 20.8 Å². The van der Waals surface area contributed by atoms with Gasteiger partial charge in [-0.25, -0.2) is 0 Å². The van der Waals surface area contributed by atoms with Gasteiger partial charge in [0.05, 0.1) is 35.6 Å². The summed E-state index contributed by atoms with van der Waals surface area (Å²) in [5.74, 6) is -0.364. The summed E-state index contributed by atoms with van der Waals surface area (Å²) in [6.45, 7) is 1.81. The van der Waals surface area contributed by atoms with Crippen LogP contribution < -0.4 is 0 Å². The first kappa shape index (κ1) is 15.4. The largest absolute Gasteiger partial charge is 0.288 e. The molecule has 2 rings (SSSR count). The predicted octanol–water partition coefficient (Wildman–Crippen LogP) is 6.55. The molecule has 1 aromatic carbocycles. The van der Waals surface area contributed by atoms with E-state index in [1.54, 1.807) is 5.38 Å². The first-order valence-electron chi connectivity index (χ1n) is 4.95. The first-order chi connectivity index (χ1) is 8.84. The second-order valence-corrected chi connectivity index (χ2v) is 6.56. The topological polar surface area (TPSA) is 17.1 Å². The molecule has 0 unspecified atom stereocenters. The Kier molecular flexibility index (Phi) is 4.71. The molecule has 1 heterocycles. The van der Waals surface area contributed by atoms with Crippen LogP contribution in [0.15, 0.2) is 11.4 Å². The summed E-state index contributed by atoms with van der Waals surface area (Å²) in [6.07, 6.45) is 0. The molecule has 0 atom stereocenters. The van der Waals surface area contributed by atoms with Gasteiger partial charge in [0.1, 0.15) is 0 Å². The molecule has 0 bridgehead atoms. The van der Waals surface area contributed by atoms with E-state index < -0.39 is 0 Å². The van der Waals surface area contributed by atoms with Gasteiger partial charge in [-0.3, -0.25) is 4.79 Å². The van der Waals surface area contributed by atoms with Crippen molar-refractivity contribution in [1.29, 1.82) is 0 Å². The molecule has 2 aromatic rings. The summed E-state index contributed by atoms with van der Waals surface area (Å²) in [4.78, 5) is 12.8. The highest BCUT2D eigenvalue weighted by molar-refractivity contribution is 7.13. The molecular weight excluding hydrogens is 369 g/mol. The minimum Gasteiger partial charge on any atom is -0.288 e. The zero-order valence-electron chi connectivity index (χ0n) is 9.36. The minimum atomic E-state index is -0.364. The lowest BCUT2D eigenvalue weighted by molar-refractivity contribution is 0.104. The van der Waals surface area contributed by atoms with Gasteiger partial charge in [-0.05, 0) is 23.9 Å². The highest BCUT2D eigenvalue weighted by Gasteiger charge is 2.24. The van der Waals surface area contributed by atoms with E-state index >= 15 is 0 Å². The van der Waals surface area contributed by atoms with E-state index in [2.05, 4.69) is 0 Å². The average molecular weight is 375 g/mol. The molecule has 1 nitrogen and oxygen atoms in total. The molecule has 0 aliphatic heterocycles. The zero-order valence-corrected chi connectivity index (χ0v) is 14.0. The van der Waals surface area contributed by atoms with Gasteiger partial charge in [0.15, 0.2) is 0 Å². The van der Waals surface area contributed by atoms with Crippen LogP contribution in [0.25, 0.3) is 0 Å². The molecular formula is C12H5Cl5OS. The number of ketones is 1. The Balaban J connectivity index is 2.63. The SMILES string of the molecule is Cc1csc(C(=O)c2c(Cl)cc(Cl)c(Cl)c2Cl)c1Cl. The van der Waals surface area contributed by atoms with Crippen LogP contribution in [-0.4, -0.2) is 5.78 Å². The molecule has 0 amide bonds. The third kappa shape index (κ3) is 2.76. The molecule has 0 fully saturated rings. The summed E-state index contributed by atoms with van der Waals surface area (Å²) in [7, 11) is 0. The van der Waals surface area contributed by atoms with E-state index in [9.17, 15) is 4.79 Å². The Hall–Kier alpha value is 0.0400. The lowest BCUT2D eigenvalue weighted by Gasteiger charge is -2.08. The molecule has 19 heavy (non-hydrogen) atoms. The van der Waals surface area contributed by atoms with Crippen LogP contribution in [0, 0.1) is 6.92 Å². The van der Waals surface area contributed by atoms with Crippen LogP contribution in [-0.2, 0) is 0 Å². The maximum Gasteiger partial charge on any atom is 0.207 e. The quantitative estimate of drug-likeness (QED) is 0.331. The Labute approximate surface area is 139 Å². The number of carbonyl (C=O) groups is 1. The van der Waals surface area contributed by atoms with Crippen LogP contribution >= 0.6 is 69.3 Å². The fourth-order valence-electron chi connectivity index (χ4n) is 1.47. The highest BCUT2D eigenvalue weighted by atomic mass is 35.5. The van der Waals surface area contributed by atoms with Crippen molar-refractivity contribution in [3.63, 3.8) is 0 Å². The fourth-order valence-corrected chi connectivity index (χ4v) is 3.78. The van der Waals surface area contributed by atoms with Crippen LogP contribution in [0.4, 0.5) is 0 Å². The number of rotatable bonds is 2. The number of halogens is 5. The first-order valence-corrected chi connectivity index (χ1v) is 7.72. The Bertz CT molecular complexity index is 677. The second kappa shape index (κ2) is 5.80. The van der Waals surface area contributed by atoms with E-state index in [4.69, 9.17) is 58.0 Å². The van der Waals surface area contributed by atoms with Gasteiger partial charge in [0, 0.05) is 0 Å². The molecule has 0 N–H and O–H groups in total. The third-order valence-corrected chi connectivity index (χ3v) is 5.70. The number of hydrogen-bond acceptors (Lipinski definition) is 2. The van der Waals surface area contributed by atoms with Crippen molar-refractivity contribution in [1.82, 2.24) is 0 Å². The van der Waals surface area contributed by atoms with Crippen molar-refractivity contribution in [2.45, 2.75) is 6.92 Å². The van der Waals surface area contributed by atoms with E-state index in [0.29, 0.717) is 9.90 Å². The molecule has 0 spiro atoms. The number of carbonyl (C=O) groups excluding carboxylic acids is 1. The van der Waals surface area contributed by atoms with Gasteiger partial charge in [0.25, 0.3) is 0 Å². The van der Waals surface area contributed by atoms with Crippen molar-refractivity contribution < 1.29 is 4.79 Å². The lowest BCUT2D eigenvalue weighted by Crippen LogP contribution is -2.02. The van der Waals surface area contributed by atoms with Crippen molar-refractivity contribution in [2.24, 2.45) is 0 Å². The maximum atomic E-state index is 12.4. The molecule has 100 valence electrons. The summed E-state index contributed by atoms with van der Waals surface area (Å²) in [5, 5.41) is 2.66. The van der Waals surface area contributed by atoms with E-state index in [-0.39, 0.29) is 31.4 Å². The maximum absolute atomic E-state index is 12.4. The Morgan fingerprint density at radius 3 is 2.16 bits per heavy atom. The second-order valence-electron chi connectivity index (χ2n) is 3.73. The average Bonchev–Trinajstić information content (AvgIpc) is 2.67. The predicted molar refractivity (Wildman–Crippen MR) is 84.0 cm³/mol. The molecule has 0 radical (unpaired) electrons. The van der Waals surface area contributed by atoms with E-state index in [1.165, 1.54) is 17.4 Å². The van der Waals surface area contributed by atoms with Gasteiger partial charge in [-0.2, -0.15) is 0 Å². The van der Waals surface area contributed by atoms with Gasteiger partial charge >= 0.3 is 0 Å². The highest BCUT2D eigenvalue weighted by Crippen LogP contribution is 2.40. The number of thiophene rings is 1. The van der Waals surface area contributed by atoms with Crippen molar-refractivity contribution in [2.75, 3.05) is 0 Å². The van der Waals surface area contributed by atoms with Crippen molar-refractivity contribution in [3.05, 3.63) is 52.6 Å². The van der Waals surface area contributed by atoms with Crippen molar-refractivity contribution in [3.8, 4) is 0 Å². The monoisotopic (exact) mass is 372 g/mol. The van der Waals surface area contributed by atoms with Crippen LogP contribution in [0.3, 0.4) is 0 Å². The molecule has 7 heteroatoms. The van der Waals surface area contributed by atoms with Crippen molar-refractivity contribution >= 4 is 75.1 Å². The van der Waals surface area contributed by atoms with E-state index in [0.717, 1.165) is 5.56 Å². The molecule has 0 saturated heterocycles. The zero-order chi connectivity index (χ0) is 14.3. The molecule has 0 aliphatic carbocycles. The van der Waals surface area contributed by atoms with Gasteiger partial charge in [-0.15, -0.1) is 11.3 Å². The van der Waals surface area contributed by atoms with Crippen LogP contribution in [0.2, 0.25) is 25.1 Å². The number of hydrogen-bond donors (Lipinski definition) is 0.